The van der Waals surface area contributed by atoms with Crippen LogP contribution in [0.5, 0.6) is 0 Å². The summed E-state index contributed by atoms with van der Waals surface area (Å²) < 4.78 is 5.18. The standard InChI is InChI=1S/C18H27N3O3/c1-2-24-14-6-11-19-17(22)18(23)20-15-7-9-16(10-8-15)21-12-4-3-5-13-21/h7-10H,2-6,11-14H2,1H3,(H,19,22)(H,20,23). The fourth-order valence-electron chi connectivity index (χ4n) is 2.70. The number of amides is 2. The zero-order valence-corrected chi connectivity index (χ0v) is 14.3. The number of carbonyl (C=O) groups is 2. The van der Waals surface area contributed by atoms with Crippen molar-refractivity contribution in [1.82, 2.24) is 5.32 Å². The molecule has 2 N–H and O–H groups in total. The highest BCUT2D eigenvalue weighted by Gasteiger charge is 2.14. The first-order valence-corrected chi connectivity index (χ1v) is 8.72. The number of nitrogens with zero attached hydrogens (tertiary/aromatic N) is 1. The Labute approximate surface area is 143 Å². The van der Waals surface area contributed by atoms with E-state index in [-0.39, 0.29) is 0 Å². The molecule has 1 aromatic carbocycles. The molecular weight excluding hydrogens is 306 g/mol. The Hall–Kier alpha value is -2.08. The molecule has 0 bridgehead atoms. The summed E-state index contributed by atoms with van der Waals surface area (Å²) in [5.41, 5.74) is 1.79. The van der Waals surface area contributed by atoms with Crippen molar-refractivity contribution in [3.05, 3.63) is 24.3 Å². The van der Waals surface area contributed by atoms with Gasteiger partial charge in [0.05, 0.1) is 0 Å². The van der Waals surface area contributed by atoms with Gasteiger partial charge in [-0.15, -0.1) is 0 Å². The monoisotopic (exact) mass is 333 g/mol. The molecule has 6 nitrogen and oxygen atoms in total. The van der Waals surface area contributed by atoms with Crippen LogP contribution in [0.25, 0.3) is 0 Å². The molecule has 1 heterocycles. The lowest BCUT2D eigenvalue weighted by atomic mass is 10.1. The Morgan fingerprint density at radius 1 is 1.08 bits per heavy atom. The topological polar surface area (TPSA) is 70.7 Å². The first-order chi connectivity index (χ1) is 11.7. The number of carbonyl (C=O) groups excluding carboxylic acids is 2. The third-order valence-corrected chi connectivity index (χ3v) is 4.01. The fourth-order valence-corrected chi connectivity index (χ4v) is 2.70. The third kappa shape index (κ3) is 5.85. The first-order valence-electron chi connectivity index (χ1n) is 8.72. The minimum Gasteiger partial charge on any atom is -0.382 e. The quantitative estimate of drug-likeness (QED) is 0.592. The molecule has 1 aliphatic heterocycles. The van der Waals surface area contributed by atoms with Gasteiger partial charge in [0.1, 0.15) is 0 Å². The highest BCUT2D eigenvalue weighted by atomic mass is 16.5. The van der Waals surface area contributed by atoms with Crippen LogP contribution in [-0.2, 0) is 14.3 Å². The maximum atomic E-state index is 11.9. The normalized spacial score (nSPS) is 14.3. The predicted molar refractivity (Wildman–Crippen MR) is 95.3 cm³/mol. The van der Waals surface area contributed by atoms with E-state index in [1.807, 2.05) is 31.2 Å². The Morgan fingerprint density at radius 3 is 2.46 bits per heavy atom. The predicted octanol–water partition coefficient (Wildman–Crippen LogP) is 2.16. The Morgan fingerprint density at radius 2 is 1.79 bits per heavy atom. The largest absolute Gasteiger partial charge is 0.382 e. The van der Waals surface area contributed by atoms with Gasteiger partial charge in [0.15, 0.2) is 0 Å². The van der Waals surface area contributed by atoms with Crippen LogP contribution < -0.4 is 15.5 Å². The van der Waals surface area contributed by atoms with Gasteiger partial charge in [-0.05, 0) is 56.9 Å². The molecule has 0 aromatic heterocycles. The van der Waals surface area contributed by atoms with Crippen molar-refractivity contribution >= 4 is 23.2 Å². The van der Waals surface area contributed by atoms with Crippen molar-refractivity contribution in [1.29, 1.82) is 0 Å². The lowest BCUT2D eigenvalue weighted by Crippen LogP contribution is -2.36. The van der Waals surface area contributed by atoms with Gasteiger partial charge >= 0.3 is 11.8 Å². The summed E-state index contributed by atoms with van der Waals surface area (Å²) in [6.07, 6.45) is 4.44. The van der Waals surface area contributed by atoms with Crippen molar-refractivity contribution < 1.29 is 14.3 Å². The molecule has 1 aromatic rings. The summed E-state index contributed by atoms with van der Waals surface area (Å²) >= 11 is 0. The summed E-state index contributed by atoms with van der Waals surface area (Å²) in [5, 5.41) is 5.21. The fraction of sp³-hybridized carbons (Fsp3) is 0.556. The van der Waals surface area contributed by atoms with Crippen LogP contribution in [0.15, 0.2) is 24.3 Å². The molecule has 2 amide bonds. The number of hydrogen-bond donors (Lipinski definition) is 2. The van der Waals surface area contributed by atoms with Crippen molar-refractivity contribution in [3.8, 4) is 0 Å². The molecule has 0 aliphatic carbocycles. The number of hydrogen-bond acceptors (Lipinski definition) is 4. The Kier molecular flexibility index (Phi) is 7.55. The zero-order valence-electron chi connectivity index (χ0n) is 14.3. The van der Waals surface area contributed by atoms with E-state index in [2.05, 4.69) is 15.5 Å². The number of ether oxygens (including phenoxy) is 1. The molecule has 132 valence electrons. The van der Waals surface area contributed by atoms with Crippen molar-refractivity contribution in [2.45, 2.75) is 32.6 Å². The van der Waals surface area contributed by atoms with Gasteiger partial charge in [0.25, 0.3) is 0 Å². The number of nitrogens with one attached hydrogen (secondary N) is 2. The molecule has 0 spiro atoms. The molecule has 0 radical (unpaired) electrons. The van der Waals surface area contributed by atoms with Crippen LogP contribution in [0.3, 0.4) is 0 Å². The van der Waals surface area contributed by atoms with Gasteiger partial charge in [0.2, 0.25) is 0 Å². The minimum absolute atomic E-state index is 0.431. The van der Waals surface area contributed by atoms with Crippen LogP contribution >= 0.6 is 0 Å². The minimum atomic E-state index is -0.642. The van der Waals surface area contributed by atoms with Gasteiger partial charge in [-0.2, -0.15) is 0 Å². The second-order valence-corrected chi connectivity index (χ2v) is 5.86. The van der Waals surface area contributed by atoms with Crippen LogP contribution in [-0.4, -0.2) is 44.7 Å². The second kappa shape index (κ2) is 9.93. The smallest absolute Gasteiger partial charge is 0.313 e. The lowest BCUT2D eigenvalue weighted by Gasteiger charge is -2.28. The van der Waals surface area contributed by atoms with Crippen molar-refractivity contribution in [2.75, 3.05) is 43.1 Å². The maximum Gasteiger partial charge on any atom is 0.313 e. The Bertz CT molecular complexity index is 525. The van der Waals surface area contributed by atoms with E-state index < -0.39 is 11.8 Å². The van der Waals surface area contributed by atoms with Crippen LogP contribution in [0, 0.1) is 0 Å². The summed E-state index contributed by atoms with van der Waals surface area (Å²) in [5.74, 6) is -1.26. The number of rotatable bonds is 7. The summed E-state index contributed by atoms with van der Waals surface area (Å²) in [6.45, 7) is 5.74. The summed E-state index contributed by atoms with van der Waals surface area (Å²) in [4.78, 5) is 25.9. The average molecular weight is 333 g/mol. The first kappa shape index (κ1) is 18.3. The van der Waals surface area contributed by atoms with E-state index in [9.17, 15) is 9.59 Å². The van der Waals surface area contributed by atoms with Gasteiger partial charge in [-0.1, -0.05) is 0 Å². The molecular formula is C18H27N3O3. The number of piperidine rings is 1. The Balaban J connectivity index is 1.75. The maximum absolute atomic E-state index is 11.9. The third-order valence-electron chi connectivity index (χ3n) is 4.01. The van der Waals surface area contributed by atoms with Crippen LogP contribution in [0.2, 0.25) is 0 Å². The molecule has 0 atom stereocenters. The van der Waals surface area contributed by atoms with Crippen molar-refractivity contribution in [3.63, 3.8) is 0 Å². The molecule has 0 unspecified atom stereocenters. The van der Waals surface area contributed by atoms with E-state index in [4.69, 9.17) is 4.74 Å². The molecule has 0 saturated carbocycles. The lowest BCUT2D eigenvalue weighted by molar-refractivity contribution is -0.136. The molecule has 1 aliphatic rings. The van der Waals surface area contributed by atoms with Gasteiger partial charge in [-0.25, -0.2) is 0 Å². The number of benzene rings is 1. The van der Waals surface area contributed by atoms with E-state index in [0.29, 0.717) is 31.9 Å². The van der Waals surface area contributed by atoms with Gasteiger partial charge in [0, 0.05) is 44.2 Å². The molecule has 24 heavy (non-hydrogen) atoms. The summed E-state index contributed by atoms with van der Waals surface area (Å²) in [7, 11) is 0. The molecule has 1 fully saturated rings. The summed E-state index contributed by atoms with van der Waals surface area (Å²) in [6, 6.07) is 7.65. The van der Waals surface area contributed by atoms with E-state index >= 15 is 0 Å². The average Bonchev–Trinajstić information content (AvgIpc) is 2.62. The van der Waals surface area contributed by atoms with E-state index in [1.54, 1.807) is 0 Å². The SMILES string of the molecule is CCOCCCNC(=O)C(=O)Nc1ccc(N2CCCCC2)cc1. The number of anilines is 2. The van der Waals surface area contributed by atoms with Crippen LogP contribution in [0.1, 0.15) is 32.6 Å². The molecule has 1 saturated heterocycles. The van der Waals surface area contributed by atoms with Gasteiger partial charge in [-0.3, -0.25) is 9.59 Å². The van der Waals surface area contributed by atoms with Crippen molar-refractivity contribution in [2.24, 2.45) is 0 Å². The highest BCUT2D eigenvalue weighted by Crippen LogP contribution is 2.21. The molecule has 6 heteroatoms. The van der Waals surface area contributed by atoms with E-state index in [1.165, 1.54) is 19.3 Å². The zero-order chi connectivity index (χ0) is 17.2. The highest BCUT2D eigenvalue weighted by molar-refractivity contribution is 6.39. The molecule has 2 rings (SSSR count). The van der Waals surface area contributed by atoms with Gasteiger partial charge < -0.3 is 20.3 Å². The van der Waals surface area contributed by atoms with E-state index in [0.717, 1.165) is 18.8 Å². The van der Waals surface area contributed by atoms with Crippen LogP contribution in [0.4, 0.5) is 11.4 Å². The second-order valence-electron chi connectivity index (χ2n) is 5.86.